The lowest BCUT2D eigenvalue weighted by atomic mass is 10.1. The number of hydrogen-bond acceptors (Lipinski definition) is 12. The van der Waals surface area contributed by atoms with Gasteiger partial charge >= 0.3 is 0 Å². The normalized spacial score (nSPS) is 12.7. The van der Waals surface area contributed by atoms with E-state index in [1.54, 1.807) is 48.5 Å². The molecule has 388 valence electrons. The zero-order valence-electron chi connectivity index (χ0n) is 42.8. The van der Waals surface area contributed by atoms with Crippen LogP contribution in [0.2, 0.25) is 0 Å². The van der Waals surface area contributed by atoms with Crippen molar-refractivity contribution in [1.29, 1.82) is 0 Å². The van der Waals surface area contributed by atoms with Crippen LogP contribution in [0.15, 0.2) is 78.9 Å². The van der Waals surface area contributed by atoms with E-state index >= 15 is 0 Å². The number of para-hydroxylation sites is 3. The van der Waals surface area contributed by atoms with Crippen LogP contribution in [-0.2, 0) is 0 Å². The Kier molecular flexibility index (Phi) is 20.1. The van der Waals surface area contributed by atoms with E-state index in [2.05, 4.69) is 40.4 Å². The molecule has 0 unspecified atom stereocenters. The summed E-state index contributed by atoms with van der Waals surface area (Å²) in [5.41, 5.74) is 0.621. The van der Waals surface area contributed by atoms with Gasteiger partial charge in [-0.05, 0) is 61.4 Å². The molecule has 0 fully saturated rings. The molecule has 6 rings (SSSR count). The van der Waals surface area contributed by atoms with Crippen LogP contribution in [0.5, 0.6) is 40.2 Å². The lowest BCUT2D eigenvalue weighted by Gasteiger charge is -2.20. The van der Waals surface area contributed by atoms with Crippen molar-refractivity contribution in [2.24, 2.45) is 0 Å². The zero-order chi connectivity index (χ0) is 52.3. The number of ether oxygens (including phenoxy) is 7. The minimum absolute atomic E-state index is 0.0127. The van der Waals surface area contributed by atoms with Gasteiger partial charge in [0.15, 0.2) is 28.7 Å². The molecule has 0 atom stereocenters. The van der Waals surface area contributed by atoms with Crippen LogP contribution < -0.4 is 59.7 Å². The third kappa shape index (κ3) is 13.7. The number of benzene rings is 5. The van der Waals surface area contributed by atoms with Crippen molar-refractivity contribution in [2.75, 3.05) is 75.3 Å². The van der Waals surface area contributed by atoms with Crippen LogP contribution in [0, 0.1) is 0 Å². The molecule has 0 aromatic heterocycles. The molecule has 5 aromatic rings. The molecule has 5 N–H and O–H groups in total. The second-order valence-electron chi connectivity index (χ2n) is 17.3. The van der Waals surface area contributed by atoms with Gasteiger partial charge in [0.05, 0.1) is 105 Å². The lowest BCUT2D eigenvalue weighted by Crippen LogP contribution is -2.20. The minimum atomic E-state index is -0.706. The number of anilines is 5. The van der Waals surface area contributed by atoms with E-state index in [9.17, 15) is 24.0 Å². The number of methoxy groups -OCH3 is 5. The fraction of sp³-hybridized carbons (Fsp3) is 0.375. The van der Waals surface area contributed by atoms with Crippen LogP contribution in [0.25, 0.3) is 0 Å². The summed E-state index contributed by atoms with van der Waals surface area (Å²) in [5, 5.41) is 14.3. The van der Waals surface area contributed by atoms with E-state index in [1.807, 2.05) is 0 Å². The SMILES string of the molecule is CCCCCCCCOc1cc2c(OC)c(c1)C(=O)Nc1cc(OCCCCCCCC)cc(c1OC)C(=O)Nc1cccc(c1OC)C(=O)Nc1cccc(c1OC)C(=O)Nc1cccc(c1OC)C(=O)N2. The molecule has 17 heteroatoms. The monoisotopic (exact) mass is 1000 g/mol. The second-order valence-corrected chi connectivity index (χ2v) is 17.3. The Hall–Kier alpha value is -7.95. The van der Waals surface area contributed by atoms with Crippen LogP contribution >= 0.6 is 0 Å². The molecule has 5 aromatic carbocycles. The van der Waals surface area contributed by atoms with Crippen LogP contribution in [0.3, 0.4) is 0 Å². The van der Waals surface area contributed by atoms with Crippen molar-refractivity contribution in [3.63, 3.8) is 0 Å². The highest BCUT2D eigenvalue weighted by Crippen LogP contribution is 2.41. The number of hydrogen-bond donors (Lipinski definition) is 5. The molecular weight excluding hydrogens is 935 g/mol. The maximum absolute atomic E-state index is 14.8. The number of nitrogens with one attached hydrogen (secondary N) is 5. The zero-order valence-corrected chi connectivity index (χ0v) is 42.8. The Balaban J connectivity index is 1.51. The molecule has 1 heterocycles. The first kappa shape index (κ1) is 54.4. The first-order valence-electron chi connectivity index (χ1n) is 24.8. The number of unbranched alkanes of at least 4 members (excludes halogenated alkanes) is 10. The van der Waals surface area contributed by atoms with Gasteiger partial charge in [-0.15, -0.1) is 0 Å². The highest BCUT2D eigenvalue weighted by atomic mass is 16.5. The molecule has 1 aliphatic rings. The average molecular weight is 1000 g/mol. The predicted molar refractivity (Wildman–Crippen MR) is 282 cm³/mol. The molecule has 0 radical (unpaired) electrons. The van der Waals surface area contributed by atoms with Gasteiger partial charge in [-0.1, -0.05) is 96.3 Å². The Bertz CT molecular complexity index is 2740. The first-order valence-corrected chi connectivity index (χ1v) is 24.8. The largest absolute Gasteiger partial charge is 0.494 e. The smallest absolute Gasteiger partial charge is 0.259 e. The summed E-state index contributed by atoms with van der Waals surface area (Å²) in [6.45, 7) is 4.99. The van der Waals surface area contributed by atoms with Crippen LogP contribution in [-0.4, -0.2) is 78.3 Å². The molecule has 10 bridgehead atoms. The first-order chi connectivity index (χ1) is 35.5. The lowest BCUT2D eigenvalue weighted by molar-refractivity contribution is 0.101. The third-order valence-electron chi connectivity index (χ3n) is 12.2. The van der Waals surface area contributed by atoms with Gasteiger partial charge in [0.2, 0.25) is 0 Å². The highest BCUT2D eigenvalue weighted by molar-refractivity contribution is 6.16. The van der Waals surface area contributed by atoms with E-state index in [0.29, 0.717) is 13.2 Å². The van der Waals surface area contributed by atoms with Gasteiger partial charge in [0, 0.05) is 12.1 Å². The Morgan fingerprint density at radius 2 is 0.603 bits per heavy atom. The topological polar surface area (TPSA) is 210 Å². The highest BCUT2D eigenvalue weighted by Gasteiger charge is 2.28. The average Bonchev–Trinajstić information content (AvgIpc) is 3.39. The van der Waals surface area contributed by atoms with Crippen molar-refractivity contribution in [3.8, 4) is 40.2 Å². The maximum Gasteiger partial charge on any atom is 0.259 e. The molecule has 1 aliphatic heterocycles. The number of carbonyl (C=O) groups excluding carboxylic acids is 5. The summed E-state index contributed by atoms with van der Waals surface area (Å²) in [6, 6.07) is 20.1. The van der Waals surface area contributed by atoms with E-state index < -0.39 is 29.5 Å². The molecule has 0 aliphatic carbocycles. The summed E-state index contributed by atoms with van der Waals surface area (Å²) in [5.74, 6) is -2.80. The second kappa shape index (κ2) is 27.0. The Morgan fingerprint density at radius 3 is 0.918 bits per heavy atom. The molecule has 0 spiro atoms. The van der Waals surface area contributed by atoms with Gasteiger partial charge in [-0.3, -0.25) is 24.0 Å². The van der Waals surface area contributed by atoms with E-state index in [1.165, 1.54) is 65.9 Å². The number of amides is 5. The van der Waals surface area contributed by atoms with Gasteiger partial charge in [-0.2, -0.15) is 0 Å². The molecular formula is C56H67N5O12. The number of fused-ring (bicyclic) bond motifs is 10. The maximum atomic E-state index is 14.8. The standard InChI is InChI=1S/C56H67N5O12/c1-8-10-12-14-16-18-29-72-35-31-40-50(70-6)46(34-35)61-56(66)41-32-36(73-30-19-17-15-13-11-9-2)33-45(51(41)71-7)60-54(64)39-25-22-27-43(49(39)69-5)58-52(62)37-23-20-26-42(47(37)67-3)57-53(63)38-24-21-28-44(48(38)68-4)59-55(40)65/h20-28,31-34H,8-19,29-30H2,1-7H3,(H,57,63)(H,58,62)(H,59,65)(H,60,64)(H,61,66). The van der Waals surface area contributed by atoms with E-state index in [0.717, 1.165) is 77.0 Å². The number of rotatable bonds is 21. The quantitative estimate of drug-likeness (QED) is 0.0435. The fourth-order valence-corrected chi connectivity index (χ4v) is 8.53. The summed E-state index contributed by atoms with van der Waals surface area (Å²) in [6.07, 6.45) is 12.3. The predicted octanol–water partition coefficient (Wildman–Crippen LogP) is 11.8. The van der Waals surface area contributed by atoms with Gasteiger partial charge < -0.3 is 59.7 Å². The molecule has 0 saturated carbocycles. The van der Waals surface area contributed by atoms with Crippen molar-refractivity contribution in [2.45, 2.75) is 90.9 Å². The number of carbonyl (C=O) groups is 5. The molecule has 17 nitrogen and oxygen atoms in total. The summed E-state index contributed by atoms with van der Waals surface area (Å²) in [4.78, 5) is 72.0. The van der Waals surface area contributed by atoms with Gasteiger partial charge in [-0.25, -0.2) is 0 Å². The van der Waals surface area contributed by atoms with Crippen LogP contribution in [0.1, 0.15) is 143 Å². The summed E-state index contributed by atoms with van der Waals surface area (Å²) in [7, 11) is 6.79. The Morgan fingerprint density at radius 1 is 0.329 bits per heavy atom. The van der Waals surface area contributed by atoms with Gasteiger partial charge in [0.25, 0.3) is 29.5 Å². The van der Waals surface area contributed by atoms with Crippen molar-refractivity contribution in [3.05, 3.63) is 107 Å². The minimum Gasteiger partial charge on any atom is -0.494 e. The van der Waals surface area contributed by atoms with Crippen molar-refractivity contribution < 1.29 is 57.1 Å². The van der Waals surface area contributed by atoms with E-state index in [-0.39, 0.29) is 96.5 Å². The molecule has 0 saturated heterocycles. The fourth-order valence-electron chi connectivity index (χ4n) is 8.53. The summed E-state index contributed by atoms with van der Waals surface area (Å²) >= 11 is 0. The molecule has 73 heavy (non-hydrogen) atoms. The van der Waals surface area contributed by atoms with E-state index in [4.69, 9.17) is 33.2 Å². The van der Waals surface area contributed by atoms with Crippen molar-refractivity contribution in [1.82, 2.24) is 0 Å². The van der Waals surface area contributed by atoms with Gasteiger partial charge in [0.1, 0.15) is 11.5 Å². The Labute approximate surface area is 426 Å². The summed E-state index contributed by atoms with van der Waals surface area (Å²) < 4.78 is 41.5. The van der Waals surface area contributed by atoms with Crippen molar-refractivity contribution >= 4 is 58.0 Å². The van der Waals surface area contributed by atoms with Crippen LogP contribution in [0.4, 0.5) is 28.4 Å². The molecule has 5 amide bonds. The third-order valence-corrected chi connectivity index (χ3v) is 12.2.